The van der Waals surface area contributed by atoms with Crippen LogP contribution in [0.4, 0.5) is 0 Å². The quantitative estimate of drug-likeness (QED) is 0.703. The maximum absolute atomic E-state index is 9.02. The highest BCUT2D eigenvalue weighted by Gasteiger charge is 2.15. The number of rotatable bonds is 6. The number of benzene rings is 2. The van der Waals surface area contributed by atoms with E-state index < -0.39 is 0 Å². The first-order valence-electron chi connectivity index (χ1n) is 9.65. The van der Waals surface area contributed by atoms with E-state index in [0.29, 0.717) is 0 Å². The third kappa shape index (κ3) is 4.08. The van der Waals surface area contributed by atoms with Crippen LogP contribution in [0.15, 0.2) is 42.5 Å². The fraction of sp³-hybridized carbons (Fsp3) is 0.478. The van der Waals surface area contributed by atoms with Gasteiger partial charge in [-0.25, -0.2) is 0 Å². The van der Waals surface area contributed by atoms with Crippen molar-refractivity contribution in [2.45, 2.75) is 64.2 Å². The summed E-state index contributed by atoms with van der Waals surface area (Å²) in [6.07, 6.45) is 9.77. The van der Waals surface area contributed by atoms with Crippen LogP contribution in [0.1, 0.15) is 68.1 Å². The average Bonchev–Trinajstić information content (AvgIpc) is 2.67. The molecule has 1 aliphatic carbocycles. The molecule has 1 nitrogen and oxygen atoms in total. The topological polar surface area (TPSA) is 20.2 Å². The Morgan fingerprint density at radius 1 is 0.958 bits per heavy atom. The van der Waals surface area contributed by atoms with Crippen LogP contribution in [0.3, 0.4) is 0 Å². The molecule has 128 valence electrons. The summed E-state index contributed by atoms with van der Waals surface area (Å²) in [5.41, 5.74) is 6.97. The Labute approximate surface area is 146 Å². The van der Waals surface area contributed by atoms with Gasteiger partial charge in [-0.05, 0) is 65.8 Å². The van der Waals surface area contributed by atoms with Gasteiger partial charge in [0.25, 0.3) is 0 Å². The van der Waals surface area contributed by atoms with Gasteiger partial charge < -0.3 is 5.11 Å². The van der Waals surface area contributed by atoms with E-state index in [2.05, 4.69) is 49.4 Å². The van der Waals surface area contributed by atoms with Crippen molar-refractivity contribution in [2.75, 3.05) is 6.61 Å². The molecule has 1 aliphatic rings. The van der Waals surface area contributed by atoms with Gasteiger partial charge >= 0.3 is 0 Å². The molecule has 0 unspecified atom stereocenters. The molecule has 24 heavy (non-hydrogen) atoms. The fourth-order valence-electron chi connectivity index (χ4n) is 4.03. The third-order valence-electron chi connectivity index (χ3n) is 5.47. The molecule has 2 aromatic carbocycles. The normalized spacial score (nSPS) is 15.6. The lowest BCUT2D eigenvalue weighted by molar-refractivity contribution is 0.288. The molecule has 0 aromatic heterocycles. The molecule has 0 heterocycles. The lowest BCUT2D eigenvalue weighted by Crippen LogP contribution is -2.04. The molecule has 0 atom stereocenters. The van der Waals surface area contributed by atoms with Crippen LogP contribution in [-0.2, 0) is 12.8 Å². The maximum atomic E-state index is 9.02. The first-order chi connectivity index (χ1) is 11.8. The predicted octanol–water partition coefficient (Wildman–Crippen LogP) is 5.89. The zero-order valence-corrected chi connectivity index (χ0v) is 14.9. The summed E-state index contributed by atoms with van der Waals surface area (Å²) in [7, 11) is 0. The Kier molecular flexibility index (Phi) is 6.09. The van der Waals surface area contributed by atoms with Gasteiger partial charge in [0.1, 0.15) is 0 Å². The lowest BCUT2D eigenvalue weighted by Gasteiger charge is -2.22. The summed E-state index contributed by atoms with van der Waals surface area (Å²) < 4.78 is 0. The summed E-state index contributed by atoms with van der Waals surface area (Å²) >= 11 is 0. The second-order valence-corrected chi connectivity index (χ2v) is 7.13. The lowest BCUT2D eigenvalue weighted by atomic mass is 9.83. The van der Waals surface area contributed by atoms with E-state index in [4.69, 9.17) is 5.11 Å². The Morgan fingerprint density at radius 3 is 2.38 bits per heavy atom. The van der Waals surface area contributed by atoms with Crippen molar-refractivity contribution in [1.82, 2.24) is 0 Å². The number of aryl methyl sites for hydroxylation is 2. The van der Waals surface area contributed by atoms with Crippen molar-refractivity contribution >= 4 is 0 Å². The molecule has 1 fully saturated rings. The molecule has 1 saturated carbocycles. The molecule has 0 bridgehead atoms. The van der Waals surface area contributed by atoms with E-state index in [1.165, 1.54) is 59.9 Å². The fourth-order valence-corrected chi connectivity index (χ4v) is 4.03. The molecule has 0 aliphatic heterocycles. The summed E-state index contributed by atoms with van der Waals surface area (Å²) in [4.78, 5) is 0. The van der Waals surface area contributed by atoms with Crippen LogP contribution in [-0.4, -0.2) is 11.7 Å². The van der Waals surface area contributed by atoms with Crippen LogP contribution in [0, 0.1) is 0 Å². The minimum absolute atomic E-state index is 0.270. The van der Waals surface area contributed by atoms with Crippen molar-refractivity contribution in [3.63, 3.8) is 0 Å². The molecule has 3 rings (SSSR count). The molecule has 0 saturated heterocycles. The molecule has 0 amide bonds. The van der Waals surface area contributed by atoms with E-state index in [0.717, 1.165) is 25.2 Å². The molecule has 2 aromatic rings. The molecular weight excluding hydrogens is 292 g/mol. The van der Waals surface area contributed by atoms with Gasteiger partial charge in [0.15, 0.2) is 0 Å². The second kappa shape index (κ2) is 8.48. The monoisotopic (exact) mass is 322 g/mol. The van der Waals surface area contributed by atoms with Crippen LogP contribution in [0.2, 0.25) is 0 Å². The van der Waals surface area contributed by atoms with Crippen LogP contribution in [0.5, 0.6) is 0 Å². The van der Waals surface area contributed by atoms with Gasteiger partial charge in [-0.3, -0.25) is 0 Å². The van der Waals surface area contributed by atoms with Gasteiger partial charge in [0.05, 0.1) is 0 Å². The summed E-state index contributed by atoms with van der Waals surface area (Å²) in [6.45, 7) is 2.50. The van der Waals surface area contributed by atoms with Crippen LogP contribution >= 0.6 is 0 Å². The number of aliphatic hydroxyl groups excluding tert-OH is 1. The smallest absolute Gasteiger partial charge is 0.0434 e. The number of hydrogen-bond acceptors (Lipinski definition) is 1. The standard InChI is InChI=1S/C23H30O/c1-2-19-17-18(7-6-16-24)10-15-23(19)22-13-11-21(12-14-22)20-8-4-3-5-9-20/h10-15,17,20,24H,2-9,16H2,1H3. The van der Waals surface area contributed by atoms with Crippen LogP contribution in [0.25, 0.3) is 11.1 Å². The van der Waals surface area contributed by atoms with Gasteiger partial charge in [-0.2, -0.15) is 0 Å². The largest absolute Gasteiger partial charge is 0.396 e. The minimum atomic E-state index is 0.270. The van der Waals surface area contributed by atoms with Gasteiger partial charge in [-0.1, -0.05) is 68.7 Å². The van der Waals surface area contributed by atoms with Crippen molar-refractivity contribution in [3.05, 3.63) is 59.2 Å². The van der Waals surface area contributed by atoms with E-state index in [-0.39, 0.29) is 6.61 Å². The van der Waals surface area contributed by atoms with E-state index in [9.17, 15) is 0 Å². The van der Waals surface area contributed by atoms with Crippen molar-refractivity contribution < 1.29 is 5.11 Å². The zero-order valence-electron chi connectivity index (χ0n) is 14.9. The minimum Gasteiger partial charge on any atom is -0.396 e. The van der Waals surface area contributed by atoms with E-state index in [1.54, 1.807) is 0 Å². The SMILES string of the molecule is CCc1cc(CCCO)ccc1-c1ccc(C2CCCCC2)cc1. The maximum Gasteiger partial charge on any atom is 0.0434 e. The Bertz CT molecular complexity index is 636. The highest BCUT2D eigenvalue weighted by atomic mass is 16.2. The van der Waals surface area contributed by atoms with Gasteiger partial charge in [0, 0.05) is 6.61 Å². The highest BCUT2D eigenvalue weighted by Crippen LogP contribution is 2.34. The van der Waals surface area contributed by atoms with Crippen molar-refractivity contribution in [1.29, 1.82) is 0 Å². The molecule has 0 spiro atoms. The number of hydrogen-bond donors (Lipinski definition) is 1. The molecule has 1 N–H and O–H groups in total. The highest BCUT2D eigenvalue weighted by molar-refractivity contribution is 5.68. The first kappa shape index (κ1) is 17.2. The van der Waals surface area contributed by atoms with Crippen LogP contribution < -0.4 is 0 Å². The summed E-state index contributed by atoms with van der Waals surface area (Å²) in [5.74, 6) is 0.777. The van der Waals surface area contributed by atoms with E-state index in [1.807, 2.05) is 0 Å². The van der Waals surface area contributed by atoms with Crippen molar-refractivity contribution in [2.24, 2.45) is 0 Å². The Hall–Kier alpha value is -1.60. The molecular formula is C23H30O. The summed E-state index contributed by atoms with van der Waals surface area (Å²) in [6, 6.07) is 16.1. The number of aliphatic hydroxyl groups is 1. The van der Waals surface area contributed by atoms with Gasteiger partial charge in [-0.15, -0.1) is 0 Å². The van der Waals surface area contributed by atoms with Crippen molar-refractivity contribution in [3.8, 4) is 11.1 Å². The Balaban J connectivity index is 1.80. The predicted molar refractivity (Wildman–Crippen MR) is 102 cm³/mol. The second-order valence-electron chi connectivity index (χ2n) is 7.13. The van der Waals surface area contributed by atoms with E-state index >= 15 is 0 Å². The zero-order chi connectivity index (χ0) is 16.8. The first-order valence-corrected chi connectivity index (χ1v) is 9.65. The molecule has 0 radical (unpaired) electrons. The van der Waals surface area contributed by atoms with Gasteiger partial charge in [0.2, 0.25) is 0 Å². The molecule has 1 heteroatoms. The Morgan fingerprint density at radius 2 is 1.71 bits per heavy atom. The third-order valence-corrected chi connectivity index (χ3v) is 5.47. The summed E-state index contributed by atoms with van der Waals surface area (Å²) in [5, 5.41) is 9.02. The average molecular weight is 322 g/mol.